The maximum absolute atomic E-state index is 13.1. The number of benzene rings is 2. The molecular weight excluding hydrogens is 467 g/mol. The number of anilines is 2. The Bertz CT molecular complexity index is 1250. The van der Waals surface area contributed by atoms with E-state index in [9.17, 15) is 27.6 Å². The molecule has 3 rings (SSSR count). The number of nitrogens with two attached hydrogens (primary N) is 1. The van der Waals surface area contributed by atoms with Gasteiger partial charge in [0.2, 0.25) is 5.91 Å². The number of alkyl halides is 3. The molecule has 0 aliphatic heterocycles. The topological polar surface area (TPSA) is 135 Å². The Balaban J connectivity index is 1.69. The van der Waals surface area contributed by atoms with E-state index < -0.39 is 23.7 Å². The van der Waals surface area contributed by atoms with Gasteiger partial charge in [-0.2, -0.15) is 13.2 Å². The molecule has 1 heterocycles. The van der Waals surface area contributed by atoms with Crippen molar-refractivity contribution in [2.45, 2.75) is 12.6 Å². The van der Waals surface area contributed by atoms with Crippen LogP contribution in [0.2, 0.25) is 0 Å². The molecule has 0 saturated heterocycles. The van der Waals surface area contributed by atoms with Crippen molar-refractivity contribution >= 4 is 29.2 Å². The monoisotopic (exact) mass is 487 g/mol. The summed E-state index contributed by atoms with van der Waals surface area (Å²) < 4.78 is 44.9. The van der Waals surface area contributed by atoms with Gasteiger partial charge in [-0.1, -0.05) is 6.07 Å². The number of rotatable bonds is 7. The third kappa shape index (κ3) is 6.93. The Morgan fingerprint density at radius 1 is 0.971 bits per heavy atom. The number of hydrogen-bond donors (Lipinski definition) is 4. The predicted octanol–water partition coefficient (Wildman–Crippen LogP) is 3.92. The predicted molar refractivity (Wildman–Crippen MR) is 121 cm³/mol. The van der Waals surface area contributed by atoms with Crippen LogP contribution in [0.15, 0.2) is 60.8 Å². The number of carbonyl (C=O) groups excluding carboxylic acids is 3. The fourth-order valence-corrected chi connectivity index (χ4v) is 2.96. The number of pyridine rings is 1. The van der Waals surface area contributed by atoms with Crippen molar-refractivity contribution in [2.75, 3.05) is 17.7 Å². The number of amides is 4. The summed E-state index contributed by atoms with van der Waals surface area (Å²) in [6, 6.07) is 10.9. The molecule has 0 fully saturated rings. The van der Waals surface area contributed by atoms with Crippen molar-refractivity contribution in [3.8, 4) is 11.5 Å². The molecule has 0 unspecified atom stereocenters. The Kier molecular flexibility index (Phi) is 7.54. The third-order valence-electron chi connectivity index (χ3n) is 4.59. The molecule has 0 radical (unpaired) electrons. The minimum atomic E-state index is -4.64. The quantitative estimate of drug-likeness (QED) is 0.401. The van der Waals surface area contributed by atoms with Gasteiger partial charge in [0.1, 0.15) is 17.2 Å². The Morgan fingerprint density at radius 3 is 2.31 bits per heavy atom. The first-order valence-electron chi connectivity index (χ1n) is 10.1. The first kappa shape index (κ1) is 25.0. The van der Waals surface area contributed by atoms with Gasteiger partial charge in [-0.15, -0.1) is 0 Å². The first-order chi connectivity index (χ1) is 16.5. The van der Waals surface area contributed by atoms with E-state index in [1.165, 1.54) is 31.4 Å². The van der Waals surface area contributed by atoms with E-state index in [-0.39, 0.29) is 29.3 Å². The number of carbonyl (C=O) groups is 3. The Hall–Kier alpha value is -4.61. The molecule has 2 aromatic carbocycles. The maximum atomic E-state index is 13.1. The lowest BCUT2D eigenvalue weighted by Gasteiger charge is -2.15. The SMILES string of the molecule is CNC(=O)c1cc(Oc2ccc(NC(=O)Nc3cc(C(F)(F)F)ccc3CC(N)=O)cc2)ccn1. The summed E-state index contributed by atoms with van der Waals surface area (Å²) in [4.78, 5) is 39.3. The summed E-state index contributed by atoms with van der Waals surface area (Å²) in [6.45, 7) is 0. The molecule has 12 heteroatoms. The van der Waals surface area contributed by atoms with Gasteiger partial charge >= 0.3 is 12.2 Å². The molecule has 5 N–H and O–H groups in total. The van der Waals surface area contributed by atoms with Crippen molar-refractivity contribution in [1.82, 2.24) is 10.3 Å². The highest BCUT2D eigenvalue weighted by Gasteiger charge is 2.31. The number of primary amides is 1. The normalized spacial score (nSPS) is 10.9. The van der Waals surface area contributed by atoms with Gasteiger partial charge in [-0.25, -0.2) is 4.79 Å². The van der Waals surface area contributed by atoms with E-state index in [1.807, 2.05) is 0 Å². The number of nitrogens with zero attached hydrogens (tertiary/aromatic N) is 1. The minimum Gasteiger partial charge on any atom is -0.457 e. The van der Waals surface area contributed by atoms with Gasteiger partial charge in [0.05, 0.1) is 12.0 Å². The van der Waals surface area contributed by atoms with Gasteiger partial charge in [0.25, 0.3) is 5.91 Å². The van der Waals surface area contributed by atoms with Crippen LogP contribution in [-0.2, 0) is 17.4 Å². The average Bonchev–Trinajstić information content (AvgIpc) is 2.80. The van der Waals surface area contributed by atoms with E-state index in [1.54, 1.807) is 18.2 Å². The standard InChI is InChI=1S/C23H20F3N5O4/c1-28-21(33)19-12-17(8-9-29-19)35-16-6-4-15(5-7-16)30-22(34)31-18-11-14(23(24,25)26)3-2-13(18)10-20(27)32/h2-9,11-12H,10H2,1H3,(H2,27,32)(H,28,33)(H2,30,31,34). The lowest BCUT2D eigenvalue weighted by Crippen LogP contribution is -2.22. The first-order valence-corrected chi connectivity index (χ1v) is 10.1. The van der Waals surface area contributed by atoms with Gasteiger partial charge in [0, 0.05) is 30.7 Å². The second-order valence-electron chi connectivity index (χ2n) is 7.17. The molecule has 0 bridgehead atoms. The minimum absolute atomic E-state index is 0.137. The van der Waals surface area contributed by atoms with Crippen LogP contribution in [0.25, 0.3) is 0 Å². The van der Waals surface area contributed by atoms with Crippen LogP contribution in [0, 0.1) is 0 Å². The zero-order chi connectivity index (χ0) is 25.6. The van der Waals surface area contributed by atoms with Crippen LogP contribution in [0.4, 0.5) is 29.3 Å². The summed E-state index contributed by atoms with van der Waals surface area (Å²) in [7, 11) is 1.48. The fraction of sp³-hybridized carbons (Fsp3) is 0.130. The van der Waals surface area contributed by atoms with E-state index in [2.05, 4.69) is 20.9 Å². The Labute approximate surface area is 197 Å². The summed E-state index contributed by atoms with van der Waals surface area (Å²) >= 11 is 0. The van der Waals surface area contributed by atoms with Gasteiger partial charge in [-0.3, -0.25) is 14.6 Å². The molecule has 0 atom stereocenters. The number of aromatic nitrogens is 1. The summed E-state index contributed by atoms with van der Waals surface area (Å²) in [6.07, 6.45) is -3.57. The van der Waals surface area contributed by atoms with Crippen molar-refractivity contribution in [2.24, 2.45) is 5.73 Å². The molecule has 1 aromatic heterocycles. The number of urea groups is 1. The lowest BCUT2D eigenvalue weighted by molar-refractivity contribution is -0.137. The molecule has 0 saturated carbocycles. The zero-order valence-corrected chi connectivity index (χ0v) is 18.3. The molecule has 4 amide bonds. The molecule has 3 aromatic rings. The van der Waals surface area contributed by atoms with Gasteiger partial charge in [0.15, 0.2) is 0 Å². The average molecular weight is 487 g/mol. The van der Waals surface area contributed by atoms with Crippen LogP contribution >= 0.6 is 0 Å². The molecule has 0 aliphatic carbocycles. The summed E-state index contributed by atoms with van der Waals surface area (Å²) in [5, 5.41) is 7.26. The van der Waals surface area contributed by atoms with Crippen molar-refractivity contribution < 1.29 is 32.3 Å². The van der Waals surface area contributed by atoms with Gasteiger partial charge in [-0.05, 0) is 48.0 Å². The number of ether oxygens (including phenoxy) is 1. The molecule has 0 spiro atoms. The maximum Gasteiger partial charge on any atom is 0.416 e. The number of halogens is 3. The van der Waals surface area contributed by atoms with E-state index in [4.69, 9.17) is 10.5 Å². The highest BCUT2D eigenvalue weighted by molar-refractivity contribution is 6.00. The zero-order valence-electron chi connectivity index (χ0n) is 18.3. The number of hydrogen-bond acceptors (Lipinski definition) is 5. The largest absolute Gasteiger partial charge is 0.457 e. The van der Waals surface area contributed by atoms with Crippen molar-refractivity contribution in [3.63, 3.8) is 0 Å². The van der Waals surface area contributed by atoms with Crippen molar-refractivity contribution in [3.05, 3.63) is 77.6 Å². The smallest absolute Gasteiger partial charge is 0.416 e. The van der Waals surface area contributed by atoms with E-state index in [0.29, 0.717) is 17.2 Å². The highest BCUT2D eigenvalue weighted by atomic mass is 19.4. The lowest BCUT2D eigenvalue weighted by atomic mass is 10.1. The van der Waals surface area contributed by atoms with Crippen LogP contribution in [0.5, 0.6) is 11.5 Å². The summed E-state index contributed by atoms with van der Waals surface area (Å²) in [5.74, 6) is -0.378. The molecule has 182 valence electrons. The molecule has 35 heavy (non-hydrogen) atoms. The van der Waals surface area contributed by atoms with E-state index in [0.717, 1.165) is 18.2 Å². The van der Waals surface area contributed by atoms with Crippen LogP contribution in [0.1, 0.15) is 21.6 Å². The fourth-order valence-electron chi connectivity index (χ4n) is 2.96. The molecule has 9 nitrogen and oxygen atoms in total. The highest BCUT2D eigenvalue weighted by Crippen LogP contribution is 2.32. The molecule has 0 aliphatic rings. The van der Waals surface area contributed by atoms with Crippen LogP contribution in [-0.4, -0.2) is 29.9 Å². The number of nitrogens with one attached hydrogen (secondary N) is 3. The van der Waals surface area contributed by atoms with Crippen molar-refractivity contribution in [1.29, 1.82) is 0 Å². The second kappa shape index (κ2) is 10.5. The third-order valence-corrected chi connectivity index (χ3v) is 4.59. The van der Waals surface area contributed by atoms with Gasteiger partial charge < -0.3 is 26.4 Å². The van der Waals surface area contributed by atoms with Crippen LogP contribution in [0.3, 0.4) is 0 Å². The Morgan fingerprint density at radius 2 is 1.69 bits per heavy atom. The van der Waals surface area contributed by atoms with E-state index >= 15 is 0 Å². The molecular formula is C23H20F3N5O4. The van der Waals surface area contributed by atoms with Crippen LogP contribution < -0.4 is 26.4 Å². The summed E-state index contributed by atoms with van der Waals surface area (Å²) in [5.41, 5.74) is 4.59. The second-order valence-corrected chi connectivity index (χ2v) is 7.17.